The van der Waals surface area contributed by atoms with Crippen LogP contribution in [0.1, 0.15) is 11.1 Å². The van der Waals surface area contributed by atoms with Gasteiger partial charge in [-0.15, -0.1) is 0 Å². The van der Waals surface area contributed by atoms with Gasteiger partial charge in [0.15, 0.2) is 5.65 Å². The van der Waals surface area contributed by atoms with Crippen molar-refractivity contribution in [1.29, 1.82) is 0 Å². The number of nitrogens with one attached hydrogen (secondary N) is 2. The molecule has 0 amide bonds. The van der Waals surface area contributed by atoms with Crippen LogP contribution in [0.2, 0.25) is 5.02 Å². The number of benzene rings is 1. The normalized spacial score (nSPS) is 10.9. The molecule has 27 heavy (non-hydrogen) atoms. The van der Waals surface area contributed by atoms with Gasteiger partial charge < -0.3 is 10.6 Å². The van der Waals surface area contributed by atoms with E-state index in [9.17, 15) is 0 Å². The van der Waals surface area contributed by atoms with E-state index in [1.807, 2.05) is 48.7 Å². The number of aromatic nitrogens is 4. The first-order chi connectivity index (χ1) is 13.2. The summed E-state index contributed by atoms with van der Waals surface area (Å²) in [5.74, 6) is 1.60. The summed E-state index contributed by atoms with van der Waals surface area (Å²) in [6, 6.07) is 13.6. The summed E-state index contributed by atoms with van der Waals surface area (Å²) >= 11 is 9.45. The van der Waals surface area contributed by atoms with E-state index in [0.717, 1.165) is 37.9 Å². The number of hydrogen-bond acceptors (Lipinski definition) is 5. The molecule has 0 bridgehead atoms. The molecule has 0 aliphatic carbocycles. The molecule has 3 aromatic heterocycles. The second kappa shape index (κ2) is 7.94. The molecular weight excluding hydrogens is 428 g/mol. The number of fused-ring (bicyclic) bond motifs is 1. The second-order valence-electron chi connectivity index (χ2n) is 5.95. The van der Waals surface area contributed by atoms with Crippen LogP contribution in [0.4, 0.5) is 11.6 Å². The maximum atomic E-state index is 5.94. The van der Waals surface area contributed by atoms with Crippen molar-refractivity contribution >= 4 is 44.8 Å². The maximum absolute atomic E-state index is 5.94. The van der Waals surface area contributed by atoms with Crippen molar-refractivity contribution in [2.75, 3.05) is 10.6 Å². The fourth-order valence-electron chi connectivity index (χ4n) is 2.64. The largest absolute Gasteiger partial charge is 0.366 e. The molecule has 4 aromatic rings. The number of nitrogens with zero attached hydrogens (tertiary/aromatic N) is 4. The predicted octanol–water partition coefficient (Wildman–Crippen LogP) is 4.76. The molecule has 1 aromatic carbocycles. The Hall–Kier alpha value is -2.64. The molecule has 6 nitrogen and oxygen atoms in total. The molecule has 0 unspecified atom stereocenters. The van der Waals surface area contributed by atoms with Gasteiger partial charge in [0.25, 0.3) is 0 Å². The van der Waals surface area contributed by atoms with Gasteiger partial charge in [0.05, 0.1) is 10.7 Å². The van der Waals surface area contributed by atoms with Crippen molar-refractivity contribution < 1.29 is 0 Å². The summed E-state index contributed by atoms with van der Waals surface area (Å²) in [5.41, 5.74) is 2.95. The topological polar surface area (TPSA) is 67.1 Å². The third kappa shape index (κ3) is 4.20. The van der Waals surface area contributed by atoms with Crippen molar-refractivity contribution in [2.24, 2.45) is 0 Å². The number of rotatable bonds is 6. The lowest BCUT2D eigenvalue weighted by Crippen LogP contribution is -2.09. The van der Waals surface area contributed by atoms with Gasteiger partial charge in [0.1, 0.15) is 11.6 Å². The zero-order valence-corrected chi connectivity index (χ0v) is 16.6. The van der Waals surface area contributed by atoms with Crippen LogP contribution in [0.3, 0.4) is 0 Å². The van der Waals surface area contributed by atoms with E-state index in [2.05, 4.69) is 41.6 Å². The summed E-state index contributed by atoms with van der Waals surface area (Å²) in [6.07, 6.45) is 5.34. The quantitative estimate of drug-likeness (QED) is 0.449. The van der Waals surface area contributed by atoms with Gasteiger partial charge in [-0.05, 0) is 45.3 Å². The highest BCUT2D eigenvalue weighted by atomic mass is 79.9. The molecule has 0 aliphatic rings. The highest BCUT2D eigenvalue weighted by molar-refractivity contribution is 9.10. The van der Waals surface area contributed by atoms with Gasteiger partial charge in [0, 0.05) is 36.6 Å². The van der Waals surface area contributed by atoms with Gasteiger partial charge in [-0.1, -0.05) is 29.8 Å². The minimum absolute atomic E-state index is 0.640. The van der Waals surface area contributed by atoms with Crippen LogP contribution in [0.15, 0.2) is 65.5 Å². The standard InChI is InChI=1S/C19H16BrClN6/c20-16-12-25-27-18(24-11-14-2-1-7-22-9-14)8-17(26-19(16)27)23-10-13-3-5-15(21)6-4-13/h1-9,12,24H,10-11H2,(H,23,26). The first-order valence-corrected chi connectivity index (χ1v) is 9.51. The lowest BCUT2D eigenvalue weighted by atomic mass is 10.2. The van der Waals surface area contributed by atoms with E-state index in [1.165, 1.54) is 0 Å². The Labute approximate surface area is 169 Å². The van der Waals surface area contributed by atoms with Crippen molar-refractivity contribution in [3.8, 4) is 0 Å². The fourth-order valence-corrected chi connectivity index (χ4v) is 3.12. The zero-order chi connectivity index (χ0) is 18.6. The average Bonchev–Trinajstić information content (AvgIpc) is 3.07. The van der Waals surface area contributed by atoms with Crippen molar-refractivity contribution in [3.05, 3.63) is 81.7 Å². The SMILES string of the molecule is Clc1ccc(CNc2cc(NCc3cccnc3)n3ncc(Br)c3n2)cc1. The van der Waals surface area contributed by atoms with Crippen LogP contribution in [-0.2, 0) is 13.1 Å². The molecule has 2 N–H and O–H groups in total. The Kier molecular flexibility index (Phi) is 5.22. The van der Waals surface area contributed by atoms with Gasteiger partial charge in [-0.2, -0.15) is 9.61 Å². The van der Waals surface area contributed by atoms with Gasteiger partial charge >= 0.3 is 0 Å². The minimum Gasteiger partial charge on any atom is -0.366 e. The predicted molar refractivity (Wildman–Crippen MR) is 111 cm³/mol. The minimum atomic E-state index is 0.640. The monoisotopic (exact) mass is 442 g/mol. The van der Waals surface area contributed by atoms with Crippen LogP contribution in [0.5, 0.6) is 0 Å². The summed E-state index contributed by atoms with van der Waals surface area (Å²) in [7, 11) is 0. The molecule has 0 atom stereocenters. The fraction of sp³-hybridized carbons (Fsp3) is 0.105. The van der Waals surface area contributed by atoms with E-state index < -0.39 is 0 Å². The Morgan fingerprint density at radius 2 is 1.81 bits per heavy atom. The third-order valence-corrected chi connectivity index (χ3v) is 4.82. The molecule has 3 heterocycles. The van der Waals surface area contributed by atoms with Gasteiger partial charge in [0.2, 0.25) is 0 Å². The van der Waals surface area contributed by atoms with Crippen LogP contribution < -0.4 is 10.6 Å². The first-order valence-electron chi connectivity index (χ1n) is 8.34. The first kappa shape index (κ1) is 17.8. The average molecular weight is 444 g/mol. The van der Waals surface area contributed by atoms with E-state index in [4.69, 9.17) is 11.6 Å². The number of pyridine rings is 1. The van der Waals surface area contributed by atoms with Crippen LogP contribution in [0, 0.1) is 0 Å². The molecule has 136 valence electrons. The Bertz CT molecular complexity index is 1050. The molecule has 0 radical (unpaired) electrons. The van der Waals surface area contributed by atoms with Crippen LogP contribution >= 0.6 is 27.5 Å². The van der Waals surface area contributed by atoms with E-state index >= 15 is 0 Å². The molecule has 0 saturated heterocycles. The molecule has 0 spiro atoms. The zero-order valence-electron chi connectivity index (χ0n) is 14.2. The number of hydrogen-bond donors (Lipinski definition) is 2. The molecule has 0 aliphatic heterocycles. The third-order valence-electron chi connectivity index (χ3n) is 4.01. The van der Waals surface area contributed by atoms with E-state index in [-0.39, 0.29) is 0 Å². The van der Waals surface area contributed by atoms with Crippen molar-refractivity contribution in [1.82, 2.24) is 19.6 Å². The van der Waals surface area contributed by atoms with Gasteiger partial charge in [-0.3, -0.25) is 4.98 Å². The Morgan fingerprint density at radius 1 is 1.00 bits per heavy atom. The Balaban J connectivity index is 1.57. The summed E-state index contributed by atoms with van der Waals surface area (Å²) < 4.78 is 2.61. The molecule has 4 rings (SSSR count). The Morgan fingerprint density at radius 3 is 2.59 bits per heavy atom. The van der Waals surface area contributed by atoms with Crippen molar-refractivity contribution in [2.45, 2.75) is 13.1 Å². The molecular formula is C19H16BrClN6. The van der Waals surface area contributed by atoms with E-state index in [1.54, 1.807) is 16.9 Å². The van der Waals surface area contributed by atoms with Crippen LogP contribution in [0.25, 0.3) is 5.65 Å². The number of halogens is 2. The van der Waals surface area contributed by atoms with Gasteiger partial charge in [-0.25, -0.2) is 4.98 Å². The van der Waals surface area contributed by atoms with Crippen LogP contribution in [-0.4, -0.2) is 19.6 Å². The van der Waals surface area contributed by atoms with E-state index in [0.29, 0.717) is 13.1 Å². The summed E-state index contributed by atoms with van der Waals surface area (Å²) in [6.45, 7) is 1.29. The maximum Gasteiger partial charge on any atom is 0.173 e. The molecule has 8 heteroatoms. The summed E-state index contributed by atoms with van der Waals surface area (Å²) in [4.78, 5) is 8.79. The second-order valence-corrected chi connectivity index (χ2v) is 7.24. The van der Waals surface area contributed by atoms with Crippen molar-refractivity contribution in [3.63, 3.8) is 0 Å². The smallest absolute Gasteiger partial charge is 0.173 e. The number of anilines is 2. The lowest BCUT2D eigenvalue weighted by Gasteiger charge is -2.12. The highest BCUT2D eigenvalue weighted by Gasteiger charge is 2.10. The summed E-state index contributed by atoms with van der Waals surface area (Å²) in [5, 5.41) is 11.9. The molecule has 0 saturated carbocycles. The molecule has 0 fully saturated rings. The lowest BCUT2D eigenvalue weighted by molar-refractivity contribution is 0.922. The highest BCUT2D eigenvalue weighted by Crippen LogP contribution is 2.23.